The molecule has 1 aromatic carbocycles. The van der Waals surface area contributed by atoms with Crippen LogP contribution in [0, 0.1) is 0 Å². The van der Waals surface area contributed by atoms with Crippen molar-refractivity contribution in [1.82, 2.24) is 9.29 Å². The van der Waals surface area contributed by atoms with Gasteiger partial charge in [-0.1, -0.05) is 17.7 Å². The lowest BCUT2D eigenvalue weighted by atomic mass is 10.3. The van der Waals surface area contributed by atoms with Gasteiger partial charge >= 0.3 is 0 Å². The van der Waals surface area contributed by atoms with Crippen molar-refractivity contribution in [2.24, 2.45) is 0 Å². The van der Waals surface area contributed by atoms with E-state index in [0.717, 1.165) is 0 Å². The zero-order chi connectivity index (χ0) is 15.5. The number of sulfonamides is 1. The minimum atomic E-state index is -3.63. The second-order valence-corrected chi connectivity index (χ2v) is 6.83. The van der Waals surface area contributed by atoms with Gasteiger partial charge in [0.25, 0.3) is 0 Å². The van der Waals surface area contributed by atoms with Crippen LogP contribution in [0.15, 0.2) is 47.5 Å². The molecule has 21 heavy (non-hydrogen) atoms. The van der Waals surface area contributed by atoms with Crippen molar-refractivity contribution in [3.8, 4) is 5.75 Å². The van der Waals surface area contributed by atoms with Crippen LogP contribution in [0.3, 0.4) is 0 Å². The topological polar surface area (TPSA) is 59.5 Å². The van der Waals surface area contributed by atoms with Crippen molar-refractivity contribution in [3.05, 3.63) is 53.3 Å². The number of aromatic nitrogens is 1. The van der Waals surface area contributed by atoms with Gasteiger partial charge in [0.2, 0.25) is 10.0 Å². The lowest BCUT2D eigenvalue weighted by molar-refractivity contribution is 0.414. The van der Waals surface area contributed by atoms with E-state index in [2.05, 4.69) is 4.98 Å². The molecule has 0 aliphatic rings. The van der Waals surface area contributed by atoms with Crippen molar-refractivity contribution in [2.45, 2.75) is 11.4 Å². The summed E-state index contributed by atoms with van der Waals surface area (Å²) in [6.45, 7) is 0.187. The molecule has 0 amide bonds. The highest BCUT2D eigenvalue weighted by atomic mass is 35.5. The first-order chi connectivity index (χ1) is 9.95. The zero-order valence-electron chi connectivity index (χ0n) is 11.7. The minimum absolute atomic E-state index is 0.117. The predicted molar refractivity (Wildman–Crippen MR) is 80.9 cm³/mol. The molecular weight excluding hydrogens is 312 g/mol. The van der Waals surface area contributed by atoms with E-state index in [4.69, 9.17) is 16.3 Å². The fraction of sp³-hybridized carbons (Fsp3) is 0.214. The van der Waals surface area contributed by atoms with Crippen molar-refractivity contribution in [1.29, 1.82) is 0 Å². The second kappa shape index (κ2) is 6.43. The van der Waals surface area contributed by atoms with Gasteiger partial charge in [-0.25, -0.2) is 8.42 Å². The molecule has 0 saturated heterocycles. The van der Waals surface area contributed by atoms with Crippen molar-refractivity contribution < 1.29 is 13.2 Å². The van der Waals surface area contributed by atoms with Crippen LogP contribution in [-0.2, 0) is 16.6 Å². The first-order valence-electron chi connectivity index (χ1n) is 6.15. The third-order valence-electron chi connectivity index (χ3n) is 2.94. The Hall–Kier alpha value is -1.63. The molecule has 1 aromatic heterocycles. The van der Waals surface area contributed by atoms with Gasteiger partial charge in [0.1, 0.15) is 5.75 Å². The van der Waals surface area contributed by atoms with E-state index in [1.54, 1.807) is 18.3 Å². The summed E-state index contributed by atoms with van der Waals surface area (Å²) in [7, 11) is -0.654. The summed E-state index contributed by atoms with van der Waals surface area (Å²) in [5.74, 6) is 0.433. The highest BCUT2D eigenvalue weighted by Crippen LogP contribution is 2.28. The average molecular weight is 327 g/mol. The summed E-state index contributed by atoms with van der Waals surface area (Å²) in [5, 5.41) is 0.254. The Morgan fingerprint density at radius 1 is 1.29 bits per heavy atom. The normalized spacial score (nSPS) is 11.6. The van der Waals surface area contributed by atoms with Crippen molar-refractivity contribution in [3.63, 3.8) is 0 Å². The molecule has 0 aliphatic heterocycles. The van der Waals surface area contributed by atoms with Gasteiger partial charge in [-0.2, -0.15) is 4.31 Å². The zero-order valence-corrected chi connectivity index (χ0v) is 13.2. The Kier molecular flexibility index (Phi) is 4.82. The maximum atomic E-state index is 12.5. The summed E-state index contributed by atoms with van der Waals surface area (Å²) >= 11 is 5.98. The molecule has 0 aliphatic carbocycles. The largest absolute Gasteiger partial charge is 0.495 e. The van der Waals surface area contributed by atoms with E-state index in [9.17, 15) is 8.42 Å². The summed E-state index contributed by atoms with van der Waals surface area (Å²) in [4.78, 5) is 4.24. The molecule has 2 aromatic rings. The molecule has 0 saturated carbocycles. The number of benzene rings is 1. The number of ether oxygens (including phenoxy) is 1. The van der Waals surface area contributed by atoms with E-state index in [0.29, 0.717) is 11.4 Å². The molecule has 112 valence electrons. The van der Waals surface area contributed by atoms with Gasteiger partial charge in [-0.15, -0.1) is 0 Å². The standard InChI is InChI=1S/C14H15ClN2O3S/c1-17(10-11-5-3-4-8-16-11)21(18,19)12-6-7-14(20-2)13(15)9-12/h3-9H,10H2,1-2H3. The number of methoxy groups -OCH3 is 1. The van der Waals surface area contributed by atoms with E-state index in [1.165, 1.54) is 36.7 Å². The van der Waals surface area contributed by atoms with Crippen LogP contribution in [0.2, 0.25) is 5.02 Å². The molecule has 0 unspecified atom stereocenters. The predicted octanol–water partition coefficient (Wildman–Crippen LogP) is 2.56. The third kappa shape index (κ3) is 3.53. The molecule has 0 bridgehead atoms. The van der Waals surface area contributed by atoms with Gasteiger partial charge in [0, 0.05) is 13.2 Å². The van der Waals surface area contributed by atoms with Crippen LogP contribution in [0.5, 0.6) is 5.75 Å². The molecule has 5 nitrogen and oxygen atoms in total. The van der Waals surface area contributed by atoms with E-state index in [-0.39, 0.29) is 16.5 Å². The quantitative estimate of drug-likeness (QED) is 0.847. The number of pyridine rings is 1. The number of nitrogens with zero attached hydrogens (tertiary/aromatic N) is 2. The van der Waals surface area contributed by atoms with E-state index in [1.807, 2.05) is 6.07 Å². The number of hydrogen-bond donors (Lipinski definition) is 0. The Balaban J connectivity index is 2.27. The van der Waals surface area contributed by atoms with E-state index >= 15 is 0 Å². The molecular formula is C14H15ClN2O3S. The molecule has 0 atom stereocenters. The molecule has 0 N–H and O–H groups in total. The third-order valence-corrected chi connectivity index (χ3v) is 5.04. The first-order valence-corrected chi connectivity index (χ1v) is 7.96. The second-order valence-electron chi connectivity index (χ2n) is 4.38. The minimum Gasteiger partial charge on any atom is -0.495 e. The maximum absolute atomic E-state index is 12.5. The van der Waals surface area contributed by atoms with Gasteiger partial charge in [-0.05, 0) is 30.3 Å². The smallest absolute Gasteiger partial charge is 0.243 e. The molecule has 0 radical (unpaired) electrons. The van der Waals surface area contributed by atoms with Gasteiger partial charge in [0.15, 0.2) is 0 Å². The summed E-state index contributed by atoms with van der Waals surface area (Å²) < 4.78 is 31.2. The Morgan fingerprint density at radius 2 is 2.05 bits per heavy atom. The number of hydrogen-bond acceptors (Lipinski definition) is 4. The van der Waals surface area contributed by atoms with Crippen LogP contribution in [0.1, 0.15) is 5.69 Å². The van der Waals surface area contributed by atoms with Crippen molar-refractivity contribution >= 4 is 21.6 Å². The van der Waals surface area contributed by atoms with Crippen LogP contribution < -0.4 is 4.74 Å². The lowest BCUT2D eigenvalue weighted by Gasteiger charge is -2.17. The lowest BCUT2D eigenvalue weighted by Crippen LogP contribution is -2.26. The fourth-order valence-corrected chi connectivity index (χ4v) is 3.28. The maximum Gasteiger partial charge on any atom is 0.243 e. The van der Waals surface area contributed by atoms with Crippen LogP contribution in [-0.4, -0.2) is 31.9 Å². The van der Waals surface area contributed by atoms with Gasteiger partial charge in [-0.3, -0.25) is 4.98 Å². The fourth-order valence-electron chi connectivity index (χ4n) is 1.79. The first kappa shape index (κ1) is 15.8. The highest BCUT2D eigenvalue weighted by molar-refractivity contribution is 7.89. The van der Waals surface area contributed by atoms with Gasteiger partial charge < -0.3 is 4.74 Å². The SMILES string of the molecule is COc1ccc(S(=O)(=O)N(C)Cc2ccccn2)cc1Cl. The summed E-state index contributed by atoms with van der Waals surface area (Å²) in [6.07, 6.45) is 1.63. The average Bonchev–Trinajstić information content (AvgIpc) is 2.48. The molecule has 1 heterocycles. The Bertz CT molecular complexity index is 720. The number of halogens is 1. The van der Waals surface area contributed by atoms with E-state index < -0.39 is 10.0 Å². The molecule has 0 spiro atoms. The molecule has 7 heteroatoms. The summed E-state index contributed by atoms with van der Waals surface area (Å²) in [6, 6.07) is 9.74. The van der Waals surface area contributed by atoms with Crippen LogP contribution in [0.4, 0.5) is 0 Å². The van der Waals surface area contributed by atoms with Crippen LogP contribution >= 0.6 is 11.6 Å². The van der Waals surface area contributed by atoms with Gasteiger partial charge in [0.05, 0.1) is 29.3 Å². The number of rotatable bonds is 5. The monoisotopic (exact) mass is 326 g/mol. The highest BCUT2D eigenvalue weighted by Gasteiger charge is 2.22. The molecule has 2 rings (SSSR count). The van der Waals surface area contributed by atoms with Crippen molar-refractivity contribution in [2.75, 3.05) is 14.2 Å². The Labute approximate surface area is 129 Å². The Morgan fingerprint density at radius 3 is 2.62 bits per heavy atom. The van der Waals surface area contributed by atoms with Crippen LogP contribution in [0.25, 0.3) is 0 Å². The molecule has 0 fully saturated rings. The summed E-state index contributed by atoms with van der Waals surface area (Å²) in [5.41, 5.74) is 0.670.